The monoisotopic (exact) mass is 430 g/mol. The van der Waals surface area contributed by atoms with Gasteiger partial charge in [-0.2, -0.15) is 0 Å². The summed E-state index contributed by atoms with van der Waals surface area (Å²) in [5.74, 6) is -0.798. The Morgan fingerprint density at radius 2 is 1.93 bits per heavy atom. The largest absolute Gasteiger partial charge is 0.355 e. The van der Waals surface area contributed by atoms with E-state index in [4.69, 9.17) is 0 Å². The predicted molar refractivity (Wildman–Crippen MR) is 109 cm³/mol. The quantitative estimate of drug-likeness (QED) is 0.529. The Kier molecular flexibility index (Phi) is 7.49. The highest BCUT2D eigenvalue weighted by molar-refractivity contribution is 9.10. The van der Waals surface area contributed by atoms with Gasteiger partial charge in [0.1, 0.15) is 5.82 Å². The van der Waals surface area contributed by atoms with Gasteiger partial charge in [0.25, 0.3) is 5.91 Å². The molecule has 0 aliphatic rings. The topological polar surface area (TPSA) is 49.4 Å². The lowest BCUT2D eigenvalue weighted by atomic mass is 10.1. The van der Waals surface area contributed by atoms with Crippen LogP contribution in [0.15, 0.2) is 65.7 Å². The third-order valence-electron chi connectivity index (χ3n) is 3.85. The predicted octanol–water partition coefficient (Wildman–Crippen LogP) is 4.18. The lowest BCUT2D eigenvalue weighted by molar-refractivity contribution is -0.126. The molecule has 2 aromatic rings. The van der Waals surface area contributed by atoms with Crippen LogP contribution in [-0.4, -0.2) is 30.3 Å². The lowest BCUT2D eigenvalue weighted by Gasteiger charge is -2.20. The summed E-state index contributed by atoms with van der Waals surface area (Å²) in [6.07, 6.45) is 4.68. The minimum Gasteiger partial charge on any atom is -0.355 e. The molecule has 4 nitrogen and oxygen atoms in total. The molecule has 0 saturated carbocycles. The number of amides is 2. The Bertz CT molecular complexity index is 863. The van der Waals surface area contributed by atoms with E-state index in [1.54, 1.807) is 55.6 Å². The van der Waals surface area contributed by atoms with Crippen molar-refractivity contribution in [1.82, 2.24) is 10.2 Å². The summed E-state index contributed by atoms with van der Waals surface area (Å²) in [6.45, 7) is 4.09. The highest BCUT2D eigenvalue weighted by Gasteiger charge is 2.13. The van der Waals surface area contributed by atoms with E-state index in [-0.39, 0.29) is 24.2 Å². The maximum absolute atomic E-state index is 14.0. The number of halogens is 2. The van der Waals surface area contributed by atoms with Crippen LogP contribution in [0.1, 0.15) is 21.5 Å². The van der Waals surface area contributed by atoms with Crippen LogP contribution in [0.5, 0.6) is 0 Å². The van der Waals surface area contributed by atoms with Gasteiger partial charge < -0.3 is 10.2 Å². The van der Waals surface area contributed by atoms with Gasteiger partial charge in [0.2, 0.25) is 5.91 Å². The number of rotatable bonds is 7. The maximum atomic E-state index is 14.0. The number of hydrogen-bond acceptors (Lipinski definition) is 2. The first-order chi connectivity index (χ1) is 12.9. The van der Waals surface area contributed by atoms with Crippen LogP contribution in [0.4, 0.5) is 4.39 Å². The fraction of sp³-hybridized carbons (Fsp3) is 0.143. The van der Waals surface area contributed by atoms with Gasteiger partial charge in [0.05, 0.1) is 0 Å². The molecule has 0 bridgehead atoms. The van der Waals surface area contributed by atoms with E-state index in [9.17, 15) is 14.0 Å². The minimum absolute atomic E-state index is 0.135. The molecule has 0 spiro atoms. The van der Waals surface area contributed by atoms with Crippen molar-refractivity contribution in [2.75, 3.05) is 13.6 Å². The summed E-state index contributed by atoms with van der Waals surface area (Å²) >= 11 is 3.31. The van der Waals surface area contributed by atoms with E-state index in [2.05, 4.69) is 27.8 Å². The molecular weight excluding hydrogens is 411 g/mol. The van der Waals surface area contributed by atoms with Crippen LogP contribution in [0, 0.1) is 5.82 Å². The minimum atomic E-state index is -0.367. The Labute approximate surface area is 166 Å². The summed E-state index contributed by atoms with van der Waals surface area (Å²) in [5, 5.41) is 2.55. The van der Waals surface area contributed by atoms with E-state index in [1.165, 1.54) is 17.0 Å². The van der Waals surface area contributed by atoms with Gasteiger partial charge in [0, 0.05) is 41.8 Å². The van der Waals surface area contributed by atoms with Gasteiger partial charge in [-0.05, 0) is 42.0 Å². The molecule has 2 aromatic carbocycles. The molecule has 0 radical (unpaired) electrons. The van der Waals surface area contributed by atoms with Gasteiger partial charge in [-0.1, -0.05) is 34.1 Å². The summed E-state index contributed by atoms with van der Waals surface area (Å²) in [5.41, 5.74) is 1.74. The molecular formula is C21H20BrFN2O2. The third kappa shape index (κ3) is 5.89. The second-order valence-electron chi connectivity index (χ2n) is 5.78. The lowest BCUT2D eigenvalue weighted by Crippen LogP contribution is -2.29. The van der Waals surface area contributed by atoms with E-state index in [0.717, 1.165) is 10.0 Å². The first-order valence-electron chi connectivity index (χ1n) is 8.28. The number of nitrogens with one attached hydrogen (secondary N) is 1. The Morgan fingerprint density at radius 1 is 1.22 bits per heavy atom. The normalized spacial score (nSPS) is 10.6. The van der Waals surface area contributed by atoms with Gasteiger partial charge in [-0.25, -0.2) is 4.39 Å². The summed E-state index contributed by atoms with van der Waals surface area (Å²) < 4.78 is 14.7. The maximum Gasteiger partial charge on any atom is 0.251 e. The van der Waals surface area contributed by atoms with Crippen molar-refractivity contribution in [2.24, 2.45) is 0 Å². The van der Waals surface area contributed by atoms with E-state index >= 15 is 0 Å². The molecule has 0 heterocycles. The molecule has 140 valence electrons. The molecule has 0 aromatic heterocycles. The van der Waals surface area contributed by atoms with Crippen LogP contribution in [0.2, 0.25) is 0 Å². The van der Waals surface area contributed by atoms with Gasteiger partial charge in [0.15, 0.2) is 0 Å². The molecule has 2 amide bonds. The second-order valence-corrected chi connectivity index (χ2v) is 6.69. The first-order valence-corrected chi connectivity index (χ1v) is 9.08. The fourth-order valence-electron chi connectivity index (χ4n) is 2.42. The van der Waals surface area contributed by atoms with Crippen molar-refractivity contribution in [3.63, 3.8) is 0 Å². The Hall–Kier alpha value is -2.73. The first kappa shape index (κ1) is 20.6. The van der Waals surface area contributed by atoms with E-state index in [1.807, 2.05) is 0 Å². The van der Waals surface area contributed by atoms with Gasteiger partial charge in [-0.3, -0.25) is 9.59 Å². The molecule has 0 saturated heterocycles. The molecule has 6 heteroatoms. The average Bonchev–Trinajstić information content (AvgIpc) is 2.68. The van der Waals surface area contributed by atoms with Crippen LogP contribution < -0.4 is 5.32 Å². The molecule has 0 fully saturated rings. The molecule has 0 aliphatic heterocycles. The van der Waals surface area contributed by atoms with E-state index < -0.39 is 0 Å². The molecule has 1 N–H and O–H groups in total. The third-order valence-corrected chi connectivity index (χ3v) is 4.34. The van der Waals surface area contributed by atoms with Crippen molar-refractivity contribution in [3.05, 3.63) is 88.2 Å². The summed E-state index contributed by atoms with van der Waals surface area (Å²) in [7, 11) is 1.57. The fourth-order valence-corrected chi connectivity index (χ4v) is 2.83. The zero-order valence-electron chi connectivity index (χ0n) is 14.9. The highest BCUT2D eigenvalue weighted by Crippen LogP contribution is 2.17. The number of benzene rings is 2. The van der Waals surface area contributed by atoms with Gasteiger partial charge >= 0.3 is 0 Å². The Morgan fingerprint density at radius 3 is 2.56 bits per heavy atom. The standard InChI is InChI=1S/C21H20BrFN2O2/c1-3-12-25(14-17-13-18(22)9-10-19(17)23)20(26)11-6-15-4-7-16(8-5-15)21(27)24-2/h3-11,13H,1,12,14H2,2H3,(H,24,27)/b11-6+. The van der Waals surface area contributed by atoms with Crippen LogP contribution in [0.3, 0.4) is 0 Å². The number of carbonyl (C=O) groups is 2. The average molecular weight is 431 g/mol. The Balaban J connectivity index is 2.12. The molecule has 2 rings (SSSR count). The van der Waals surface area contributed by atoms with Crippen LogP contribution in [0.25, 0.3) is 6.08 Å². The molecule has 0 atom stereocenters. The zero-order valence-corrected chi connectivity index (χ0v) is 16.5. The SMILES string of the molecule is C=CCN(Cc1cc(Br)ccc1F)C(=O)/C=C/c1ccc(C(=O)NC)cc1. The number of hydrogen-bond donors (Lipinski definition) is 1. The number of nitrogens with zero attached hydrogens (tertiary/aromatic N) is 1. The van der Waals surface area contributed by atoms with Crippen molar-refractivity contribution < 1.29 is 14.0 Å². The molecule has 0 unspecified atom stereocenters. The second kappa shape index (κ2) is 9.83. The number of carbonyl (C=O) groups excluding carboxylic acids is 2. The summed E-state index contributed by atoms with van der Waals surface area (Å²) in [6, 6.07) is 11.5. The van der Waals surface area contributed by atoms with E-state index in [0.29, 0.717) is 17.7 Å². The van der Waals surface area contributed by atoms with Gasteiger partial charge in [-0.15, -0.1) is 6.58 Å². The van der Waals surface area contributed by atoms with Crippen LogP contribution >= 0.6 is 15.9 Å². The molecule has 0 aliphatic carbocycles. The van der Waals surface area contributed by atoms with Crippen LogP contribution in [-0.2, 0) is 11.3 Å². The zero-order chi connectivity index (χ0) is 19.8. The summed E-state index contributed by atoms with van der Waals surface area (Å²) in [4.78, 5) is 25.6. The van der Waals surface area contributed by atoms with Crippen molar-refractivity contribution in [3.8, 4) is 0 Å². The van der Waals surface area contributed by atoms with Crippen molar-refractivity contribution in [2.45, 2.75) is 6.54 Å². The highest BCUT2D eigenvalue weighted by atomic mass is 79.9. The van der Waals surface area contributed by atoms with Crippen molar-refractivity contribution >= 4 is 33.8 Å². The smallest absolute Gasteiger partial charge is 0.251 e. The molecule has 27 heavy (non-hydrogen) atoms. The van der Waals surface area contributed by atoms with Crippen molar-refractivity contribution in [1.29, 1.82) is 0 Å².